The zero-order chi connectivity index (χ0) is 11.1. The number of hydrogen-bond donors (Lipinski definition) is 1. The van der Waals surface area contributed by atoms with Crippen LogP contribution in [-0.2, 0) is 0 Å². The Bertz CT molecular complexity index is 217. The van der Waals surface area contributed by atoms with Crippen LogP contribution >= 0.6 is 0 Å². The van der Waals surface area contributed by atoms with Crippen LogP contribution in [0, 0.1) is 23.7 Å². The van der Waals surface area contributed by atoms with Crippen LogP contribution in [0.2, 0.25) is 0 Å². The van der Waals surface area contributed by atoms with Gasteiger partial charge in [0.15, 0.2) is 0 Å². The molecule has 0 bridgehead atoms. The molecule has 0 aromatic carbocycles. The maximum atomic E-state index is 10.6. The lowest BCUT2D eigenvalue weighted by molar-refractivity contribution is -0.0421. The fourth-order valence-electron chi connectivity index (χ4n) is 3.19. The second-order valence-electron chi connectivity index (χ2n) is 6.47. The molecule has 0 aromatic heterocycles. The number of rotatable bonds is 3. The Balaban J connectivity index is 1.91. The summed E-state index contributed by atoms with van der Waals surface area (Å²) < 4.78 is 0. The molecule has 2 rings (SSSR count). The van der Waals surface area contributed by atoms with E-state index >= 15 is 0 Å². The second-order valence-corrected chi connectivity index (χ2v) is 6.47. The van der Waals surface area contributed by atoms with E-state index in [0.29, 0.717) is 5.92 Å². The highest BCUT2D eigenvalue weighted by Crippen LogP contribution is 2.45. The van der Waals surface area contributed by atoms with Crippen molar-refractivity contribution in [1.29, 1.82) is 0 Å². The molecule has 1 nitrogen and oxygen atoms in total. The van der Waals surface area contributed by atoms with Crippen molar-refractivity contribution in [3.63, 3.8) is 0 Å². The van der Waals surface area contributed by atoms with E-state index in [2.05, 4.69) is 20.8 Å². The second kappa shape index (κ2) is 4.08. The Kier molecular flexibility index (Phi) is 3.12. The first-order valence-electron chi connectivity index (χ1n) is 6.71. The Morgan fingerprint density at radius 1 is 1.07 bits per heavy atom. The van der Waals surface area contributed by atoms with Gasteiger partial charge < -0.3 is 5.11 Å². The fourth-order valence-corrected chi connectivity index (χ4v) is 3.19. The molecule has 2 aliphatic carbocycles. The van der Waals surface area contributed by atoms with E-state index in [1.807, 2.05) is 0 Å². The zero-order valence-corrected chi connectivity index (χ0v) is 10.5. The molecule has 0 spiro atoms. The normalized spacial score (nSPS) is 41.2. The summed E-state index contributed by atoms with van der Waals surface area (Å²) in [6, 6.07) is 0. The van der Waals surface area contributed by atoms with E-state index in [1.54, 1.807) is 0 Å². The third-order valence-electron chi connectivity index (χ3n) is 4.88. The molecule has 2 fully saturated rings. The monoisotopic (exact) mass is 210 g/mol. The fraction of sp³-hybridized carbons (Fsp3) is 1.00. The minimum absolute atomic E-state index is 0.379. The van der Waals surface area contributed by atoms with Gasteiger partial charge in [0.2, 0.25) is 0 Å². The van der Waals surface area contributed by atoms with Gasteiger partial charge in [0.25, 0.3) is 0 Å². The van der Waals surface area contributed by atoms with Crippen molar-refractivity contribution in [3.8, 4) is 0 Å². The topological polar surface area (TPSA) is 20.2 Å². The van der Waals surface area contributed by atoms with Crippen molar-refractivity contribution in [2.45, 2.75) is 64.9 Å². The molecule has 0 amide bonds. The summed E-state index contributed by atoms with van der Waals surface area (Å²) in [5.74, 6) is 3.06. The van der Waals surface area contributed by atoms with Gasteiger partial charge in [-0.1, -0.05) is 33.1 Å². The molecule has 0 heterocycles. The van der Waals surface area contributed by atoms with Gasteiger partial charge in [-0.25, -0.2) is 0 Å². The lowest BCUT2D eigenvalue weighted by atomic mass is 9.68. The maximum absolute atomic E-state index is 10.6. The standard InChI is InChI=1S/C14H26O/c1-10-4-7-13(8-11(10)2)14(3,15)9-12-5-6-12/h10-13,15H,4-9H2,1-3H3. The van der Waals surface area contributed by atoms with Crippen molar-refractivity contribution >= 4 is 0 Å². The van der Waals surface area contributed by atoms with E-state index in [4.69, 9.17) is 0 Å². The minimum atomic E-state index is -0.379. The van der Waals surface area contributed by atoms with Gasteiger partial charge in [-0.2, -0.15) is 0 Å². The molecule has 4 atom stereocenters. The highest BCUT2D eigenvalue weighted by atomic mass is 16.3. The predicted molar refractivity (Wildman–Crippen MR) is 63.6 cm³/mol. The van der Waals surface area contributed by atoms with Gasteiger partial charge in [-0.3, -0.25) is 0 Å². The first-order chi connectivity index (χ1) is 6.99. The highest BCUT2D eigenvalue weighted by molar-refractivity contribution is 4.91. The van der Waals surface area contributed by atoms with E-state index in [9.17, 15) is 5.11 Å². The SMILES string of the molecule is CC1CCC(C(C)(O)CC2CC2)CC1C. The van der Waals surface area contributed by atoms with Gasteiger partial charge in [-0.15, -0.1) is 0 Å². The van der Waals surface area contributed by atoms with Gasteiger partial charge in [0.1, 0.15) is 0 Å². The number of aliphatic hydroxyl groups is 1. The molecule has 2 aliphatic rings. The van der Waals surface area contributed by atoms with Crippen molar-refractivity contribution in [2.75, 3.05) is 0 Å². The van der Waals surface area contributed by atoms with Gasteiger partial charge >= 0.3 is 0 Å². The summed E-state index contributed by atoms with van der Waals surface area (Å²) in [4.78, 5) is 0. The van der Waals surface area contributed by atoms with Gasteiger partial charge in [-0.05, 0) is 49.9 Å². The van der Waals surface area contributed by atoms with Gasteiger partial charge in [0, 0.05) is 0 Å². The van der Waals surface area contributed by atoms with Crippen molar-refractivity contribution < 1.29 is 5.11 Å². The summed E-state index contributed by atoms with van der Waals surface area (Å²) in [5, 5.41) is 10.6. The first-order valence-corrected chi connectivity index (χ1v) is 6.71. The van der Waals surface area contributed by atoms with E-state index in [0.717, 1.165) is 24.2 Å². The van der Waals surface area contributed by atoms with E-state index < -0.39 is 0 Å². The molecule has 0 aromatic rings. The van der Waals surface area contributed by atoms with E-state index in [-0.39, 0.29) is 5.60 Å². The van der Waals surface area contributed by atoms with Crippen LogP contribution in [0.5, 0.6) is 0 Å². The molecular formula is C14H26O. The maximum Gasteiger partial charge on any atom is 0.0650 e. The summed E-state index contributed by atoms with van der Waals surface area (Å²) in [5.41, 5.74) is -0.379. The molecule has 4 unspecified atom stereocenters. The van der Waals surface area contributed by atoms with Crippen LogP contribution in [-0.4, -0.2) is 10.7 Å². The molecule has 15 heavy (non-hydrogen) atoms. The van der Waals surface area contributed by atoms with Crippen LogP contribution in [0.25, 0.3) is 0 Å². The number of hydrogen-bond acceptors (Lipinski definition) is 1. The minimum Gasteiger partial charge on any atom is -0.390 e. The molecule has 0 saturated heterocycles. The van der Waals surface area contributed by atoms with E-state index in [1.165, 1.54) is 32.1 Å². The van der Waals surface area contributed by atoms with Crippen LogP contribution in [0.3, 0.4) is 0 Å². The van der Waals surface area contributed by atoms with Crippen LogP contribution in [0.4, 0.5) is 0 Å². The third-order valence-corrected chi connectivity index (χ3v) is 4.88. The Labute approximate surface area is 94.3 Å². The van der Waals surface area contributed by atoms with Crippen molar-refractivity contribution in [2.24, 2.45) is 23.7 Å². The summed E-state index contributed by atoms with van der Waals surface area (Å²) in [6.45, 7) is 6.79. The van der Waals surface area contributed by atoms with Crippen LogP contribution < -0.4 is 0 Å². The third kappa shape index (κ3) is 2.75. The molecular weight excluding hydrogens is 184 g/mol. The summed E-state index contributed by atoms with van der Waals surface area (Å²) >= 11 is 0. The lowest BCUT2D eigenvalue weighted by Crippen LogP contribution is -2.39. The largest absolute Gasteiger partial charge is 0.390 e. The molecule has 0 radical (unpaired) electrons. The Morgan fingerprint density at radius 2 is 1.73 bits per heavy atom. The Morgan fingerprint density at radius 3 is 2.27 bits per heavy atom. The van der Waals surface area contributed by atoms with Crippen molar-refractivity contribution in [3.05, 3.63) is 0 Å². The molecule has 88 valence electrons. The molecule has 1 N–H and O–H groups in total. The summed E-state index contributed by atoms with van der Waals surface area (Å²) in [6.07, 6.45) is 7.56. The average Bonchev–Trinajstić information content (AvgIpc) is 2.92. The first kappa shape index (κ1) is 11.4. The van der Waals surface area contributed by atoms with Crippen LogP contribution in [0.1, 0.15) is 59.3 Å². The van der Waals surface area contributed by atoms with Gasteiger partial charge in [0.05, 0.1) is 5.60 Å². The quantitative estimate of drug-likeness (QED) is 0.754. The average molecular weight is 210 g/mol. The molecule has 1 heteroatoms. The smallest absolute Gasteiger partial charge is 0.0650 e. The van der Waals surface area contributed by atoms with Crippen LogP contribution in [0.15, 0.2) is 0 Å². The van der Waals surface area contributed by atoms with Crippen molar-refractivity contribution in [1.82, 2.24) is 0 Å². The predicted octanol–water partition coefficient (Wildman–Crippen LogP) is 3.61. The highest BCUT2D eigenvalue weighted by Gasteiger charge is 2.40. The lowest BCUT2D eigenvalue weighted by Gasteiger charge is -2.40. The zero-order valence-electron chi connectivity index (χ0n) is 10.5. The molecule has 0 aliphatic heterocycles. The summed E-state index contributed by atoms with van der Waals surface area (Å²) in [7, 11) is 0. The molecule has 2 saturated carbocycles. The Hall–Kier alpha value is -0.0400.